The predicted molar refractivity (Wildman–Crippen MR) is 90.6 cm³/mol. The zero-order chi connectivity index (χ0) is 15.2. The third kappa shape index (κ3) is 4.50. The first-order chi connectivity index (χ1) is 10.1. The minimum Gasteiger partial charge on any atom is -0.494 e. The molecule has 0 fully saturated rings. The molecular weight excluding hydrogens is 280 g/mol. The lowest BCUT2D eigenvalue weighted by Gasteiger charge is -2.11. The second kappa shape index (κ2) is 7.51. The van der Waals surface area contributed by atoms with Gasteiger partial charge in [-0.15, -0.1) is 0 Å². The van der Waals surface area contributed by atoms with Gasteiger partial charge in [-0.3, -0.25) is 0 Å². The summed E-state index contributed by atoms with van der Waals surface area (Å²) in [6.07, 6.45) is 2.99. The number of hydrogen-bond acceptors (Lipinski definition) is 1. The second-order valence-electron chi connectivity index (χ2n) is 5.49. The Morgan fingerprint density at radius 2 is 1.76 bits per heavy atom. The highest BCUT2D eigenvalue weighted by Gasteiger charge is 2.05. The van der Waals surface area contributed by atoms with Crippen LogP contribution in [0.15, 0.2) is 36.4 Å². The molecule has 0 bridgehead atoms. The Kier molecular flexibility index (Phi) is 5.69. The molecule has 0 saturated carbocycles. The van der Waals surface area contributed by atoms with Crippen LogP contribution in [0.5, 0.6) is 5.75 Å². The van der Waals surface area contributed by atoms with E-state index >= 15 is 0 Å². The maximum atomic E-state index is 6.32. The molecule has 0 atom stereocenters. The first-order valence-corrected chi connectivity index (χ1v) is 7.95. The highest BCUT2D eigenvalue weighted by atomic mass is 35.5. The largest absolute Gasteiger partial charge is 0.494 e. The van der Waals surface area contributed by atoms with Crippen LogP contribution in [0.1, 0.15) is 35.6 Å². The summed E-state index contributed by atoms with van der Waals surface area (Å²) in [6, 6.07) is 12.6. The SMILES string of the molecule is CCc1ccc(OCCCc2c(C)cc(C)cc2Cl)cc1. The molecule has 0 N–H and O–H groups in total. The maximum Gasteiger partial charge on any atom is 0.119 e. The number of rotatable bonds is 6. The summed E-state index contributed by atoms with van der Waals surface area (Å²) in [7, 11) is 0. The van der Waals surface area contributed by atoms with E-state index in [1.807, 2.05) is 18.2 Å². The van der Waals surface area contributed by atoms with Crippen LogP contribution in [-0.4, -0.2) is 6.61 Å². The molecule has 0 aliphatic heterocycles. The minimum absolute atomic E-state index is 0.717. The van der Waals surface area contributed by atoms with E-state index in [0.29, 0.717) is 0 Å². The third-order valence-electron chi connectivity index (χ3n) is 3.73. The number of aryl methyl sites for hydroxylation is 3. The van der Waals surface area contributed by atoms with E-state index in [-0.39, 0.29) is 0 Å². The Balaban J connectivity index is 1.84. The van der Waals surface area contributed by atoms with Gasteiger partial charge in [0.2, 0.25) is 0 Å². The number of hydrogen-bond donors (Lipinski definition) is 0. The van der Waals surface area contributed by atoms with Crippen molar-refractivity contribution in [2.75, 3.05) is 6.61 Å². The first kappa shape index (κ1) is 15.9. The van der Waals surface area contributed by atoms with E-state index in [1.165, 1.54) is 22.3 Å². The van der Waals surface area contributed by atoms with Crippen molar-refractivity contribution >= 4 is 11.6 Å². The molecule has 0 aromatic heterocycles. The fourth-order valence-electron chi connectivity index (χ4n) is 2.52. The highest BCUT2D eigenvalue weighted by molar-refractivity contribution is 6.31. The quantitative estimate of drug-likeness (QED) is 0.637. The van der Waals surface area contributed by atoms with E-state index in [2.05, 4.69) is 39.0 Å². The third-order valence-corrected chi connectivity index (χ3v) is 4.07. The Labute approximate surface area is 132 Å². The molecule has 0 heterocycles. The summed E-state index contributed by atoms with van der Waals surface area (Å²) in [4.78, 5) is 0. The molecule has 2 aromatic carbocycles. The van der Waals surface area contributed by atoms with Gasteiger partial charge in [0.15, 0.2) is 0 Å². The van der Waals surface area contributed by atoms with Gasteiger partial charge in [0.1, 0.15) is 5.75 Å². The minimum atomic E-state index is 0.717. The monoisotopic (exact) mass is 302 g/mol. The van der Waals surface area contributed by atoms with Gasteiger partial charge >= 0.3 is 0 Å². The summed E-state index contributed by atoms with van der Waals surface area (Å²) in [5, 5.41) is 0.875. The van der Waals surface area contributed by atoms with Crippen LogP contribution in [0.3, 0.4) is 0 Å². The Morgan fingerprint density at radius 1 is 1.05 bits per heavy atom. The zero-order valence-corrected chi connectivity index (χ0v) is 13.8. The van der Waals surface area contributed by atoms with Crippen LogP contribution in [0.2, 0.25) is 5.02 Å². The smallest absolute Gasteiger partial charge is 0.119 e. The van der Waals surface area contributed by atoms with Crippen LogP contribution in [0.4, 0.5) is 0 Å². The summed E-state index contributed by atoms with van der Waals surface area (Å²) in [5.41, 5.74) is 5.07. The van der Waals surface area contributed by atoms with Crippen LogP contribution in [-0.2, 0) is 12.8 Å². The molecule has 0 aliphatic rings. The number of benzene rings is 2. The molecule has 1 nitrogen and oxygen atoms in total. The fourth-order valence-corrected chi connectivity index (χ4v) is 2.94. The lowest BCUT2D eigenvalue weighted by molar-refractivity contribution is 0.311. The van der Waals surface area contributed by atoms with E-state index < -0.39 is 0 Å². The highest BCUT2D eigenvalue weighted by Crippen LogP contribution is 2.23. The lowest BCUT2D eigenvalue weighted by Crippen LogP contribution is -2.01. The van der Waals surface area contributed by atoms with E-state index in [9.17, 15) is 0 Å². The topological polar surface area (TPSA) is 9.23 Å². The van der Waals surface area contributed by atoms with Crippen molar-refractivity contribution in [2.45, 2.75) is 40.0 Å². The molecular formula is C19H23ClO. The van der Waals surface area contributed by atoms with Crippen molar-refractivity contribution in [3.63, 3.8) is 0 Å². The molecule has 0 amide bonds. The lowest BCUT2D eigenvalue weighted by atomic mass is 10.0. The Bertz CT molecular complexity index is 564. The van der Waals surface area contributed by atoms with Crippen molar-refractivity contribution < 1.29 is 4.74 Å². The molecule has 0 spiro atoms. The predicted octanol–water partition coefficient (Wildman–Crippen LogP) is 5.53. The van der Waals surface area contributed by atoms with Crippen LogP contribution < -0.4 is 4.74 Å². The van der Waals surface area contributed by atoms with Crippen LogP contribution in [0, 0.1) is 13.8 Å². The van der Waals surface area contributed by atoms with Gasteiger partial charge in [-0.2, -0.15) is 0 Å². The van der Waals surface area contributed by atoms with Crippen molar-refractivity contribution in [2.24, 2.45) is 0 Å². The summed E-state index contributed by atoms with van der Waals surface area (Å²) in [6.45, 7) is 7.07. The molecule has 2 rings (SSSR count). The summed E-state index contributed by atoms with van der Waals surface area (Å²) in [5.74, 6) is 0.943. The number of halogens is 1. The van der Waals surface area contributed by atoms with Gasteiger partial charge in [-0.1, -0.05) is 36.7 Å². The summed E-state index contributed by atoms with van der Waals surface area (Å²) < 4.78 is 5.79. The van der Waals surface area contributed by atoms with Crippen molar-refractivity contribution in [3.8, 4) is 5.75 Å². The molecule has 2 heteroatoms. The standard InChI is InChI=1S/C19H23ClO/c1-4-16-7-9-17(10-8-16)21-11-5-6-18-15(3)12-14(2)13-19(18)20/h7-10,12-13H,4-6,11H2,1-3H3. The van der Waals surface area contributed by atoms with E-state index in [4.69, 9.17) is 16.3 Å². The molecule has 0 radical (unpaired) electrons. The van der Waals surface area contributed by atoms with Crippen LogP contribution >= 0.6 is 11.6 Å². The molecule has 21 heavy (non-hydrogen) atoms. The van der Waals surface area contributed by atoms with Gasteiger partial charge in [0.25, 0.3) is 0 Å². The molecule has 112 valence electrons. The average Bonchev–Trinajstić information content (AvgIpc) is 2.46. The molecule has 0 unspecified atom stereocenters. The van der Waals surface area contributed by atoms with E-state index in [0.717, 1.165) is 36.6 Å². The Hall–Kier alpha value is -1.47. The van der Waals surface area contributed by atoms with Crippen molar-refractivity contribution in [1.82, 2.24) is 0 Å². The maximum absolute atomic E-state index is 6.32. The van der Waals surface area contributed by atoms with Gasteiger partial charge in [0.05, 0.1) is 6.61 Å². The molecule has 0 saturated heterocycles. The number of ether oxygens (including phenoxy) is 1. The zero-order valence-electron chi connectivity index (χ0n) is 13.1. The first-order valence-electron chi connectivity index (χ1n) is 7.57. The second-order valence-corrected chi connectivity index (χ2v) is 5.90. The average molecular weight is 303 g/mol. The normalized spacial score (nSPS) is 10.7. The fraction of sp³-hybridized carbons (Fsp3) is 0.368. The van der Waals surface area contributed by atoms with E-state index in [1.54, 1.807) is 0 Å². The molecule has 2 aromatic rings. The van der Waals surface area contributed by atoms with Gasteiger partial charge in [0, 0.05) is 5.02 Å². The van der Waals surface area contributed by atoms with Crippen LogP contribution in [0.25, 0.3) is 0 Å². The van der Waals surface area contributed by atoms with Crippen molar-refractivity contribution in [3.05, 3.63) is 63.7 Å². The van der Waals surface area contributed by atoms with Crippen molar-refractivity contribution in [1.29, 1.82) is 0 Å². The van der Waals surface area contributed by atoms with Gasteiger partial charge in [-0.25, -0.2) is 0 Å². The van der Waals surface area contributed by atoms with Gasteiger partial charge < -0.3 is 4.74 Å². The van der Waals surface area contributed by atoms with Gasteiger partial charge in [-0.05, 0) is 73.6 Å². The summed E-state index contributed by atoms with van der Waals surface area (Å²) >= 11 is 6.32. The Morgan fingerprint density at radius 3 is 2.38 bits per heavy atom. The molecule has 0 aliphatic carbocycles.